The highest BCUT2D eigenvalue weighted by molar-refractivity contribution is 7.89. The van der Waals surface area contributed by atoms with Crippen LogP contribution in [0.15, 0.2) is 18.2 Å². The molecular weight excluding hydrogens is 440 g/mol. The van der Waals surface area contributed by atoms with Crippen molar-refractivity contribution >= 4 is 27.5 Å². The van der Waals surface area contributed by atoms with Crippen molar-refractivity contribution in [3.63, 3.8) is 0 Å². The van der Waals surface area contributed by atoms with Crippen LogP contribution < -0.4 is 10.2 Å². The van der Waals surface area contributed by atoms with E-state index in [1.165, 1.54) is 6.92 Å². The SMILES string of the molecule is CCCS(=O)(=O)N1CC(=O)N(c2ccc(F)cc2F)C(C)(C(=O)NC2CCCCCC2)C1. The molecule has 0 aromatic heterocycles. The minimum absolute atomic E-state index is 0.0977. The second kappa shape index (κ2) is 9.82. The molecule has 1 aliphatic carbocycles. The maximum absolute atomic E-state index is 14.7. The monoisotopic (exact) mass is 471 g/mol. The van der Waals surface area contributed by atoms with Gasteiger partial charge in [0.2, 0.25) is 21.8 Å². The first-order valence-electron chi connectivity index (χ1n) is 11.2. The highest BCUT2D eigenvalue weighted by atomic mass is 32.2. The van der Waals surface area contributed by atoms with Crippen LogP contribution in [-0.2, 0) is 19.6 Å². The summed E-state index contributed by atoms with van der Waals surface area (Å²) in [5.41, 5.74) is -1.94. The van der Waals surface area contributed by atoms with Gasteiger partial charge in [0.05, 0.1) is 18.0 Å². The molecule has 0 radical (unpaired) electrons. The third kappa shape index (κ3) is 5.11. The van der Waals surface area contributed by atoms with Crippen LogP contribution in [0.5, 0.6) is 0 Å². The van der Waals surface area contributed by atoms with E-state index < -0.39 is 45.6 Å². The summed E-state index contributed by atoms with van der Waals surface area (Å²) >= 11 is 0. The quantitative estimate of drug-likeness (QED) is 0.647. The van der Waals surface area contributed by atoms with Gasteiger partial charge in [0, 0.05) is 18.7 Å². The highest BCUT2D eigenvalue weighted by Gasteiger charge is 2.51. The summed E-state index contributed by atoms with van der Waals surface area (Å²) in [5.74, 6) is -3.24. The van der Waals surface area contributed by atoms with Crippen LogP contribution in [0.1, 0.15) is 58.8 Å². The Morgan fingerprint density at radius 1 is 1.19 bits per heavy atom. The van der Waals surface area contributed by atoms with Crippen molar-refractivity contribution in [3.8, 4) is 0 Å². The lowest BCUT2D eigenvalue weighted by Gasteiger charge is -2.47. The van der Waals surface area contributed by atoms with Gasteiger partial charge < -0.3 is 5.32 Å². The highest BCUT2D eigenvalue weighted by Crippen LogP contribution is 2.33. The predicted molar refractivity (Wildman–Crippen MR) is 118 cm³/mol. The number of nitrogens with zero attached hydrogens (tertiary/aromatic N) is 2. The molecule has 2 fully saturated rings. The number of hydrogen-bond donors (Lipinski definition) is 1. The van der Waals surface area contributed by atoms with E-state index in [9.17, 15) is 26.8 Å². The van der Waals surface area contributed by atoms with Crippen molar-refractivity contribution in [2.24, 2.45) is 0 Å². The van der Waals surface area contributed by atoms with Crippen molar-refractivity contribution < 1.29 is 26.8 Å². The minimum atomic E-state index is -3.78. The van der Waals surface area contributed by atoms with Crippen LogP contribution in [0.4, 0.5) is 14.5 Å². The maximum Gasteiger partial charge on any atom is 0.247 e. The molecule has 1 unspecified atom stereocenters. The fourth-order valence-corrected chi connectivity index (χ4v) is 6.08. The van der Waals surface area contributed by atoms with E-state index in [1.807, 2.05) is 0 Å². The van der Waals surface area contributed by atoms with Gasteiger partial charge in [-0.25, -0.2) is 17.2 Å². The van der Waals surface area contributed by atoms with Gasteiger partial charge in [-0.2, -0.15) is 4.31 Å². The van der Waals surface area contributed by atoms with Crippen molar-refractivity contribution in [1.29, 1.82) is 0 Å². The molecule has 2 amide bonds. The molecular formula is C22H31F2N3O4S. The molecule has 1 heterocycles. The lowest BCUT2D eigenvalue weighted by molar-refractivity contribution is -0.133. The molecule has 1 aromatic carbocycles. The molecule has 0 bridgehead atoms. The van der Waals surface area contributed by atoms with Gasteiger partial charge in [0.25, 0.3) is 0 Å². The molecule has 0 spiro atoms. The van der Waals surface area contributed by atoms with Gasteiger partial charge >= 0.3 is 0 Å². The van der Waals surface area contributed by atoms with Gasteiger partial charge in [-0.05, 0) is 38.3 Å². The van der Waals surface area contributed by atoms with E-state index in [2.05, 4.69) is 5.32 Å². The molecule has 1 aliphatic heterocycles. The molecule has 1 saturated heterocycles. The number of halogens is 2. The number of nitrogens with one attached hydrogen (secondary N) is 1. The number of carbonyl (C=O) groups is 2. The summed E-state index contributed by atoms with van der Waals surface area (Å²) in [6.07, 6.45) is 6.03. The van der Waals surface area contributed by atoms with Gasteiger partial charge in [-0.1, -0.05) is 32.6 Å². The Bertz CT molecular complexity index is 964. The zero-order chi connectivity index (χ0) is 23.5. The Balaban J connectivity index is 2.00. The third-order valence-electron chi connectivity index (χ3n) is 6.22. The van der Waals surface area contributed by atoms with Crippen LogP contribution in [0, 0.1) is 11.6 Å². The molecule has 10 heteroatoms. The predicted octanol–water partition coefficient (Wildman–Crippen LogP) is 2.95. The average Bonchev–Trinajstić information content (AvgIpc) is 2.97. The fourth-order valence-electron chi connectivity index (χ4n) is 4.55. The number of sulfonamides is 1. The van der Waals surface area contributed by atoms with Crippen LogP contribution in [0.2, 0.25) is 0 Å². The van der Waals surface area contributed by atoms with Crippen LogP contribution in [0.3, 0.4) is 0 Å². The number of anilines is 1. The van der Waals surface area contributed by atoms with Crippen molar-refractivity contribution in [2.45, 2.75) is 70.4 Å². The Kier molecular flexibility index (Phi) is 7.54. The standard InChI is InChI=1S/C22H31F2N3O4S/c1-3-12-32(30,31)26-14-20(28)27(19-11-10-16(23)13-18(19)24)22(2,15-26)21(29)25-17-8-6-4-5-7-9-17/h10-11,13,17H,3-9,12,14-15H2,1-2H3,(H,25,29). The number of piperazine rings is 1. The first-order chi connectivity index (χ1) is 15.1. The van der Waals surface area contributed by atoms with Crippen molar-refractivity contribution in [2.75, 3.05) is 23.7 Å². The molecule has 1 N–H and O–H groups in total. The summed E-state index contributed by atoms with van der Waals surface area (Å²) in [5, 5.41) is 2.97. The zero-order valence-corrected chi connectivity index (χ0v) is 19.4. The lowest BCUT2D eigenvalue weighted by atomic mass is 9.93. The van der Waals surface area contributed by atoms with Gasteiger partial charge in [-0.15, -0.1) is 0 Å². The number of benzene rings is 1. The molecule has 1 saturated carbocycles. The fraction of sp³-hybridized carbons (Fsp3) is 0.636. The first-order valence-corrected chi connectivity index (χ1v) is 12.8. The smallest absolute Gasteiger partial charge is 0.247 e. The van der Waals surface area contributed by atoms with E-state index in [1.54, 1.807) is 6.92 Å². The number of hydrogen-bond acceptors (Lipinski definition) is 4. The summed E-state index contributed by atoms with van der Waals surface area (Å²) in [6, 6.07) is 2.66. The van der Waals surface area contributed by atoms with E-state index in [-0.39, 0.29) is 24.0 Å². The van der Waals surface area contributed by atoms with E-state index in [0.717, 1.165) is 59.9 Å². The average molecular weight is 472 g/mol. The second-order valence-corrected chi connectivity index (χ2v) is 10.9. The molecule has 3 rings (SSSR count). The topological polar surface area (TPSA) is 86.8 Å². The lowest BCUT2D eigenvalue weighted by Crippen LogP contribution is -2.71. The second-order valence-electron chi connectivity index (χ2n) is 8.84. The Labute approximate surface area is 188 Å². The zero-order valence-electron chi connectivity index (χ0n) is 18.6. The van der Waals surface area contributed by atoms with Crippen molar-refractivity contribution in [1.82, 2.24) is 9.62 Å². The third-order valence-corrected chi connectivity index (χ3v) is 8.19. The van der Waals surface area contributed by atoms with E-state index in [0.29, 0.717) is 12.5 Å². The number of amides is 2. The van der Waals surface area contributed by atoms with E-state index >= 15 is 0 Å². The van der Waals surface area contributed by atoms with Crippen LogP contribution in [0.25, 0.3) is 0 Å². The Morgan fingerprint density at radius 2 is 1.84 bits per heavy atom. The van der Waals surface area contributed by atoms with Gasteiger partial charge in [0.15, 0.2) is 0 Å². The molecule has 7 nitrogen and oxygen atoms in total. The van der Waals surface area contributed by atoms with Crippen LogP contribution in [-0.4, -0.2) is 55.0 Å². The molecule has 178 valence electrons. The number of carbonyl (C=O) groups excluding carboxylic acids is 2. The molecule has 1 atom stereocenters. The normalized spacial score (nSPS) is 23.8. The largest absolute Gasteiger partial charge is 0.351 e. The molecule has 1 aromatic rings. The van der Waals surface area contributed by atoms with Gasteiger partial charge in [-0.3, -0.25) is 14.5 Å². The summed E-state index contributed by atoms with van der Waals surface area (Å²) < 4.78 is 54.7. The van der Waals surface area contributed by atoms with E-state index in [4.69, 9.17) is 0 Å². The summed E-state index contributed by atoms with van der Waals surface area (Å²) in [6.45, 7) is 2.33. The van der Waals surface area contributed by atoms with Gasteiger partial charge in [0.1, 0.15) is 17.2 Å². The van der Waals surface area contributed by atoms with Crippen molar-refractivity contribution in [3.05, 3.63) is 29.8 Å². The Morgan fingerprint density at radius 3 is 2.44 bits per heavy atom. The van der Waals surface area contributed by atoms with Crippen LogP contribution >= 0.6 is 0 Å². The summed E-state index contributed by atoms with van der Waals surface area (Å²) in [7, 11) is -3.78. The maximum atomic E-state index is 14.7. The summed E-state index contributed by atoms with van der Waals surface area (Å²) in [4.78, 5) is 27.6. The first kappa shape index (κ1) is 24.6. The molecule has 32 heavy (non-hydrogen) atoms. The minimum Gasteiger partial charge on any atom is -0.351 e. The Hall–Kier alpha value is -2.07. The molecule has 2 aliphatic rings. The number of rotatable bonds is 6.